The molecule has 1 saturated heterocycles. The lowest BCUT2D eigenvalue weighted by molar-refractivity contribution is -0.113. The summed E-state index contributed by atoms with van der Waals surface area (Å²) in [4.78, 5) is 33.3. The molecule has 0 spiro atoms. The molecule has 2 aliphatic heterocycles. The molecule has 210 valence electrons. The van der Waals surface area contributed by atoms with E-state index in [2.05, 4.69) is 0 Å². The molecule has 5 rings (SSSR count). The van der Waals surface area contributed by atoms with Crippen molar-refractivity contribution in [2.45, 2.75) is 62.8 Å². The molecule has 11 heteroatoms. The Morgan fingerprint density at radius 3 is 2.46 bits per heavy atom. The van der Waals surface area contributed by atoms with Crippen molar-refractivity contribution in [3.05, 3.63) is 57.1 Å². The largest absolute Gasteiger partial charge is 0.444 e. The van der Waals surface area contributed by atoms with E-state index >= 15 is 8.78 Å². The quantitative estimate of drug-likeness (QED) is 0.494. The molecule has 8 nitrogen and oxygen atoms in total. The second kappa shape index (κ2) is 10.0. The zero-order valence-electron chi connectivity index (χ0n) is 22.7. The van der Waals surface area contributed by atoms with Crippen LogP contribution in [0.15, 0.2) is 28.1 Å². The van der Waals surface area contributed by atoms with E-state index < -0.39 is 40.1 Å². The number of halogens is 2. The lowest BCUT2D eigenvalue weighted by Gasteiger charge is -2.38. The van der Waals surface area contributed by atoms with Gasteiger partial charge in [0.2, 0.25) is 0 Å². The third-order valence-electron chi connectivity index (χ3n) is 7.47. The van der Waals surface area contributed by atoms with Crippen molar-refractivity contribution in [1.29, 1.82) is 0 Å². The van der Waals surface area contributed by atoms with Gasteiger partial charge in [0.25, 0.3) is 5.91 Å². The molecular weight excluding hydrogens is 524 g/mol. The van der Waals surface area contributed by atoms with Crippen molar-refractivity contribution in [2.75, 3.05) is 31.1 Å². The molecule has 3 aliphatic rings. The number of carbonyl (C=O) groups is 2. The summed E-state index contributed by atoms with van der Waals surface area (Å²) in [5.41, 5.74) is 14.3. The number of hydrogen-bond donors (Lipinski definition) is 3. The molecule has 0 saturated carbocycles. The molecule has 3 heterocycles. The Hall–Kier alpha value is -3.34. The Morgan fingerprint density at radius 2 is 1.82 bits per heavy atom. The maximum atomic E-state index is 15.8. The van der Waals surface area contributed by atoms with Gasteiger partial charge in [0.1, 0.15) is 17.2 Å². The van der Waals surface area contributed by atoms with Crippen LogP contribution in [0.4, 0.5) is 19.3 Å². The highest BCUT2D eigenvalue weighted by Gasteiger charge is 2.40. The van der Waals surface area contributed by atoms with E-state index in [-0.39, 0.29) is 17.4 Å². The van der Waals surface area contributed by atoms with Crippen molar-refractivity contribution < 1.29 is 23.1 Å². The van der Waals surface area contributed by atoms with Gasteiger partial charge >= 0.3 is 6.09 Å². The highest BCUT2D eigenvalue weighted by Crippen LogP contribution is 2.58. The van der Waals surface area contributed by atoms with E-state index in [1.54, 1.807) is 30.6 Å². The van der Waals surface area contributed by atoms with Gasteiger partial charge in [0.15, 0.2) is 0 Å². The Labute approximate surface area is 229 Å². The van der Waals surface area contributed by atoms with Gasteiger partial charge < -0.3 is 26.0 Å². The summed E-state index contributed by atoms with van der Waals surface area (Å²) in [6, 6.07) is 4.95. The lowest BCUT2D eigenvalue weighted by atomic mass is 9.89. The molecular formula is C28H35F2N5O3S. The van der Waals surface area contributed by atoms with Gasteiger partial charge in [0, 0.05) is 48.8 Å². The summed E-state index contributed by atoms with van der Waals surface area (Å²) in [6.07, 6.45) is 0.760. The first-order valence-electron chi connectivity index (χ1n) is 13.1. The summed E-state index contributed by atoms with van der Waals surface area (Å²) in [5.74, 6) is -1.48. The second-order valence-electron chi connectivity index (χ2n) is 11.3. The average molecular weight is 560 g/mol. The Morgan fingerprint density at radius 1 is 1.13 bits per heavy atom. The van der Waals surface area contributed by atoms with Crippen LogP contribution in [0.3, 0.4) is 0 Å². The van der Waals surface area contributed by atoms with E-state index in [9.17, 15) is 9.59 Å². The van der Waals surface area contributed by atoms with Crippen molar-refractivity contribution in [2.24, 2.45) is 11.5 Å². The first-order chi connectivity index (χ1) is 18.4. The van der Waals surface area contributed by atoms with Crippen molar-refractivity contribution in [1.82, 2.24) is 9.88 Å². The predicted octanol–water partition coefficient (Wildman–Crippen LogP) is 3.77. The number of aromatic nitrogens is 1. The molecule has 1 aliphatic carbocycles. The third-order valence-corrected chi connectivity index (χ3v) is 10.4. The lowest BCUT2D eigenvalue weighted by Crippen LogP contribution is -2.50. The number of pyridine rings is 1. The van der Waals surface area contributed by atoms with E-state index in [1.165, 1.54) is 6.07 Å². The van der Waals surface area contributed by atoms with Crippen LogP contribution in [0.2, 0.25) is 0 Å². The van der Waals surface area contributed by atoms with Gasteiger partial charge in [-0.3, -0.25) is 4.79 Å². The van der Waals surface area contributed by atoms with Gasteiger partial charge in [-0.2, -0.15) is 10.9 Å². The number of aryl methyl sites for hydroxylation is 1. The molecule has 0 radical (unpaired) electrons. The maximum absolute atomic E-state index is 15.8. The Balaban J connectivity index is 1.38. The van der Waals surface area contributed by atoms with Gasteiger partial charge in [-0.15, -0.1) is 0 Å². The van der Waals surface area contributed by atoms with Crippen LogP contribution in [-0.4, -0.2) is 58.9 Å². The molecule has 1 fully saturated rings. The summed E-state index contributed by atoms with van der Waals surface area (Å²) in [6.45, 7) is 8.74. The number of anilines is 1. The van der Waals surface area contributed by atoms with Gasteiger partial charge in [0.05, 0.1) is 21.3 Å². The Bertz CT molecular complexity index is 1380. The van der Waals surface area contributed by atoms with Crippen LogP contribution in [0.5, 0.6) is 0 Å². The number of benzene rings is 1. The van der Waals surface area contributed by atoms with Crippen LogP contribution in [0.1, 0.15) is 49.6 Å². The minimum atomic E-state index is -1.31. The van der Waals surface area contributed by atoms with Crippen molar-refractivity contribution >= 4 is 34.3 Å². The minimum Gasteiger partial charge on any atom is -0.444 e. The topological polar surface area (TPSA) is 115 Å². The number of fused-ring (bicyclic) bond motifs is 2. The predicted molar refractivity (Wildman–Crippen MR) is 149 cm³/mol. The normalized spacial score (nSPS) is 22.0. The summed E-state index contributed by atoms with van der Waals surface area (Å²) >= 11 is 0. The molecule has 4 N–H and O–H groups in total. The number of primary amides is 1. The minimum absolute atomic E-state index is 0.138. The molecule has 1 aromatic heterocycles. The van der Waals surface area contributed by atoms with E-state index in [0.29, 0.717) is 66.3 Å². The number of ether oxygens (including phenoxy) is 1. The van der Waals surface area contributed by atoms with Crippen LogP contribution in [0.25, 0.3) is 5.70 Å². The van der Waals surface area contributed by atoms with E-state index in [0.717, 1.165) is 10.7 Å². The standard InChI is InChI=1S/C28H35F2N5O3S/c1-15-5-7-18-23(31)24(25(32)36)39(26(18)33-15)16-6-8-17-19(13-16)20(29)14-21(22(17)30)34-9-11-35(12-10-34)27(37)38-28(2,3)4/h5,7,14,16,39H,6,8-13,31H2,1-4H3,(H2,32,36). The fourth-order valence-corrected chi connectivity index (χ4v) is 8.66. The molecule has 2 aromatic rings. The molecule has 39 heavy (non-hydrogen) atoms. The molecule has 2 unspecified atom stereocenters. The van der Waals surface area contributed by atoms with Crippen LogP contribution < -0.4 is 16.4 Å². The fourth-order valence-electron chi connectivity index (χ4n) is 5.65. The monoisotopic (exact) mass is 559 g/mol. The highest BCUT2D eigenvalue weighted by molar-refractivity contribution is 8.22. The number of nitrogens with zero attached hydrogens (tertiary/aromatic N) is 3. The first kappa shape index (κ1) is 27.2. The zero-order valence-corrected chi connectivity index (χ0v) is 23.6. The summed E-state index contributed by atoms with van der Waals surface area (Å²) in [7, 11) is -1.31. The number of carbonyl (C=O) groups excluding carboxylic acids is 2. The molecule has 2 atom stereocenters. The number of nitrogens with two attached hydrogens (primary N) is 2. The summed E-state index contributed by atoms with van der Waals surface area (Å²) < 4.78 is 36.9. The second-order valence-corrected chi connectivity index (χ2v) is 13.7. The average Bonchev–Trinajstić information content (AvgIpc) is 3.16. The molecule has 0 bridgehead atoms. The summed E-state index contributed by atoms with van der Waals surface area (Å²) in [5, 5.41) is 0.603. The number of amides is 2. The van der Waals surface area contributed by atoms with Crippen molar-refractivity contribution in [3.63, 3.8) is 0 Å². The van der Waals surface area contributed by atoms with E-state index in [1.807, 2.05) is 19.1 Å². The van der Waals surface area contributed by atoms with Crippen LogP contribution in [-0.2, 0) is 22.4 Å². The van der Waals surface area contributed by atoms with Gasteiger partial charge in [-0.1, -0.05) is 0 Å². The van der Waals surface area contributed by atoms with Crippen LogP contribution in [0, 0.1) is 18.6 Å². The fraction of sp³-hybridized carbons (Fsp3) is 0.464. The van der Waals surface area contributed by atoms with Crippen LogP contribution >= 0.6 is 10.9 Å². The SMILES string of the molecule is Cc1ccc2c(n1)[SH](C1CCc3c(F)c(N4CCN(C(=O)OC(C)(C)C)CC4)cc(F)c3C1)C(C(N)=O)=C2N. The zero-order chi connectivity index (χ0) is 28.2. The maximum Gasteiger partial charge on any atom is 0.410 e. The highest BCUT2D eigenvalue weighted by atomic mass is 32.2. The third kappa shape index (κ3) is 5.04. The molecule has 1 aromatic carbocycles. The number of rotatable bonds is 3. The molecule has 2 amide bonds. The van der Waals surface area contributed by atoms with Gasteiger partial charge in [-0.05, 0) is 70.2 Å². The van der Waals surface area contributed by atoms with Gasteiger partial charge in [-0.25, -0.2) is 18.6 Å². The smallest absolute Gasteiger partial charge is 0.410 e. The van der Waals surface area contributed by atoms with Crippen molar-refractivity contribution in [3.8, 4) is 0 Å². The number of hydrogen-bond acceptors (Lipinski definition) is 6. The Kier molecular flexibility index (Phi) is 6.98. The first-order valence-corrected chi connectivity index (χ1v) is 14.6. The van der Waals surface area contributed by atoms with E-state index in [4.69, 9.17) is 21.2 Å². The number of thiol groups is 1. The number of piperazine rings is 1.